The van der Waals surface area contributed by atoms with Crippen molar-refractivity contribution < 1.29 is 24.2 Å². The zero-order valence-electron chi connectivity index (χ0n) is 11.3. The molecule has 1 fully saturated rings. The lowest BCUT2D eigenvalue weighted by Crippen LogP contribution is -2.46. The molecular weight excluding hydrogens is 238 g/mol. The average Bonchev–Trinajstić information content (AvgIpc) is 2.35. The van der Waals surface area contributed by atoms with E-state index in [0.717, 1.165) is 0 Å². The highest BCUT2D eigenvalue weighted by Crippen LogP contribution is 2.36. The smallest absolute Gasteiger partial charge is 0.417 e. The lowest BCUT2D eigenvalue weighted by Gasteiger charge is -2.26. The first-order chi connectivity index (χ1) is 7.96. The molecule has 1 N–H and O–H groups in total. The van der Waals surface area contributed by atoms with E-state index < -0.39 is 35.0 Å². The number of hydrogen-bond acceptors (Lipinski definition) is 4. The Balaban J connectivity index is 3.00. The van der Waals surface area contributed by atoms with E-state index in [1.807, 2.05) is 0 Å². The van der Waals surface area contributed by atoms with E-state index in [1.54, 1.807) is 34.6 Å². The molecule has 0 spiro atoms. The first-order valence-electron chi connectivity index (χ1n) is 5.75. The molecule has 6 nitrogen and oxygen atoms in total. The van der Waals surface area contributed by atoms with Crippen molar-refractivity contribution in [1.29, 1.82) is 0 Å². The first-order valence-corrected chi connectivity index (χ1v) is 5.75. The summed E-state index contributed by atoms with van der Waals surface area (Å²) >= 11 is 0. The molecule has 6 heteroatoms. The Kier molecular flexibility index (Phi) is 3.42. The molecule has 18 heavy (non-hydrogen) atoms. The fourth-order valence-electron chi connectivity index (χ4n) is 1.85. The van der Waals surface area contributed by atoms with Gasteiger partial charge in [0.05, 0.1) is 0 Å². The van der Waals surface area contributed by atoms with Gasteiger partial charge >= 0.3 is 12.1 Å². The van der Waals surface area contributed by atoms with E-state index in [9.17, 15) is 14.4 Å². The molecule has 1 atom stereocenters. The summed E-state index contributed by atoms with van der Waals surface area (Å²) in [7, 11) is 0. The van der Waals surface area contributed by atoms with Crippen molar-refractivity contribution in [3.63, 3.8) is 0 Å². The number of carbonyl (C=O) groups is 3. The zero-order valence-corrected chi connectivity index (χ0v) is 11.3. The number of likely N-dealkylation sites (tertiary alicyclic amines) is 1. The second-order valence-electron chi connectivity index (χ2n) is 6.10. The standard InChI is InChI=1S/C12H19NO5/c1-11(2,3)18-10(17)13-7(8(14)15)6-12(4,5)9(13)16/h7H,6H2,1-5H3,(H,14,15)/t7-/m1/s1. The van der Waals surface area contributed by atoms with Crippen LogP contribution >= 0.6 is 0 Å². The van der Waals surface area contributed by atoms with Crippen molar-refractivity contribution in [3.05, 3.63) is 0 Å². The van der Waals surface area contributed by atoms with Gasteiger partial charge in [-0.1, -0.05) is 13.8 Å². The Morgan fingerprint density at radius 1 is 1.39 bits per heavy atom. The lowest BCUT2D eigenvalue weighted by molar-refractivity contribution is -0.146. The first kappa shape index (κ1) is 14.5. The summed E-state index contributed by atoms with van der Waals surface area (Å²) in [6.07, 6.45) is -0.800. The highest BCUT2D eigenvalue weighted by atomic mass is 16.6. The van der Waals surface area contributed by atoms with Gasteiger partial charge in [-0.3, -0.25) is 4.79 Å². The van der Waals surface area contributed by atoms with E-state index in [-0.39, 0.29) is 6.42 Å². The lowest BCUT2D eigenvalue weighted by atomic mass is 9.90. The molecule has 0 aromatic heterocycles. The van der Waals surface area contributed by atoms with Crippen LogP contribution in [0, 0.1) is 5.41 Å². The SMILES string of the molecule is CC(C)(C)OC(=O)N1C(=O)C(C)(C)C[C@@H]1C(=O)O. The monoisotopic (exact) mass is 257 g/mol. The third-order valence-corrected chi connectivity index (χ3v) is 2.69. The van der Waals surface area contributed by atoms with Gasteiger partial charge < -0.3 is 9.84 Å². The summed E-state index contributed by atoms with van der Waals surface area (Å²) in [4.78, 5) is 35.8. The highest BCUT2D eigenvalue weighted by molar-refractivity contribution is 6.01. The molecular formula is C12H19NO5. The van der Waals surface area contributed by atoms with E-state index >= 15 is 0 Å². The third-order valence-electron chi connectivity index (χ3n) is 2.69. The van der Waals surface area contributed by atoms with Crippen molar-refractivity contribution >= 4 is 18.0 Å². The summed E-state index contributed by atoms with van der Waals surface area (Å²) in [5.74, 6) is -1.70. The summed E-state index contributed by atoms with van der Waals surface area (Å²) < 4.78 is 5.07. The number of carboxylic acids is 1. The number of hydrogen-bond donors (Lipinski definition) is 1. The minimum absolute atomic E-state index is 0.0976. The molecule has 102 valence electrons. The summed E-state index contributed by atoms with van der Waals surface area (Å²) in [6, 6.07) is -1.15. The van der Waals surface area contributed by atoms with Gasteiger partial charge in [-0.25, -0.2) is 14.5 Å². The van der Waals surface area contributed by atoms with Crippen LogP contribution in [0.4, 0.5) is 4.79 Å². The highest BCUT2D eigenvalue weighted by Gasteiger charge is 2.52. The Morgan fingerprint density at radius 3 is 2.28 bits per heavy atom. The van der Waals surface area contributed by atoms with Crippen molar-refractivity contribution in [1.82, 2.24) is 4.90 Å². The quantitative estimate of drug-likeness (QED) is 0.771. The fourth-order valence-corrected chi connectivity index (χ4v) is 1.85. The largest absolute Gasteiger partial charge is 0.480 e. The van der Waals surface area contributed by atoms with E-state index in [4.69, 9.17) is 9.84 Å². The molecule has 2 amide bonds. The predicted octanol–water partition coefficient (Wildman–Crippen LogP) is 1.63. The van der Waals surface area contributed by atoms with Gasteiger partial charge in [0.1, 0.15) is 11.6 Å². The topological polar surface area (TPSA) is 83.9 Å². The van der Waals surface area contributed by atoms with Crippen LogP contribution in [0.3, 0.4) is 0 Å². The van der Waals surface area contributed by atoms with E-state index in [0.29, 0.717) is 4.90 Å². The molecule has 1 saturated heterocycles. The van der Waals surface area contributed by atoms with Crippen LogP contribution in [0.25, 0.3) is 0 Å². The van der Waals surface area contributed by atoms with Crippen molar-refractivity contribution in [2.24, 2.45) is 5.41 Å². The minimum atomic E-state index is -1.19. The molecule has 0 aromatic rings. The van der Waals surface area contributed by atoms with Crippen LogP contribution in [0.1, 0.15) is 41.0 Å². The minimum Gasteiger partial charge on any atom is -0.480 e. The van der Waals surface area contributed by atoms with Gasteiger partial charge in [-0.05, 0) is 27.2 Å². The second-order valence-corrected chi connectivity index (χ2v) is 6.10. The Hall–Kier alpha value is -1.59. The van der Waals surface area contributed by atoms with Crippen molar-refractivity contribution in [3.8, 4) is 0 Å². The second kappa shape index (κ2) is 4.26. The predicted molar refractivity (Wildman–Crippen MR) is 62.9 cm³/mol. The molecule has 1 rings (SSSR count). The van der Waals surface area contributed by atoms with Gasteiger partial charge in [0.25, 0.3) is 0 Å². The number of amides is 2. The number of nitrogens with zero attached hydrogens (tertiary/aromatic N) is 1. The normalized spacial score (nSPS) is 23.1. The molecule has 0 bridgehead atoms. The maximum atomic E-state index is 12.0. The molecule has 0 aromatic carbocycles. The van der Waals surface area contributed by atoms with Crippen LogP contribution in [0.2, 0.25) is 0 Å². The number of carboxylic acid groups (broad SMARTS) is 1. The molecule has 1 heterocycles. The summed E-state index contributed by atoms with van der Waals surface area (Å²) in [5.41, 5.74) is -1.63. The summed E-state index contributed by atoms with van der Waals surface area (Å²) in [6.45, 7) is 8.22. The van der Waals surface area contributed by atoms with Gasteiger partial charge in [-0.15, -0.1) is 0 Å². The van der Waals surface area contributed by atoms with Crippen molar-refractivity contribution in [2.75, 3.05) is 0 Å². The Bertz CT molecular complexity index is 394. The van der Waals surface area contributed by atoms with Crippen LogP contribution in [-0.4, -0.2) is 39.6 Å². The van der Waals surface area contributed by atoms with Crippen LogP contribution in [0.5, 0.6) is 0 Å². The van der Waals surface area contributed by atoms with Gasteiger partial charge in [-0.2, -0.15) is 0 Å². The van der Waals surface area contributed by atoms with Crippen LogP contribution in [-0.2, 0) is 14.3 Å². The van der Waals surface area contributed by atoms with Crippen molar-refractivity contribution in [2.45, 2.75) is 52.7 Å². The summed E-state index contributed by atoms with van der Waals surface area (Å²) in [5, 5.41) is 9.08. The van der Waals surface area contributed by atoms with E-state index in [1.165, 1.54) is 0 Å². The maximum absolute atomic E-state index is 12.0. The number of carbonyl (C=O) groups excluding carboxylic acids is 2. The van der Waals surface area contributed by atoms with Gasteiger partial charge in [0.15, 0.2) is 0 Å². The van der Waals surface area contributed by atoms with Crippen LogP contribution < -0.4 is 0 Å². The fraction of sp³-hybridized carbons (Fsp3) is 0.750. The molecule has 0 saturated carbocycles. The molecule has 0 radical (unpaired) electrons. The molecule has 1 aliphatic rings. The number of aliphatic carboxylic acids is 1. The number of ether oxygens (including phenoxy) is 1. The molecule has 1 aliphatic heterocycles. The number of imide groups is 1. The Labute approximate surface area is 106 Å². The van der Waals surface area contributed by atoms with Gasteiger partial charge in [0, 0.05) is 5.41 Å². The third kappa shape index (κ3) is 2.80. The average molecular weight is 257 g/mol. The maximum Gasteiger partial charge on any atom is 0.417 e. The van der Waals surface area contributed by atoms with Crippen LogP contribution in [0.15, 0.2) is 0 Å². The van der Waals surface area contributed by atoms with E-state index in [2.05, 4.69) is 0 Å². The van der Waals surface area contributed by atoms with Gasteiger partial charge in [0.2, 0.25) is 5.91 Å². The molecule has 0 aliphatic carbocycles. The zero-order chi connectivity index (χ0) is 14.3. The molecule has 0 unspecified atom stereocenters. The number of rotatable bonds is 1. The Morgan fingerprint density at radius 2 is 1.89 bits per heavy atom.